The molecule has 4 aromatic rings. The molecule has 2 N–H and O–H groups in total. The van der Waals surface area contributed by atoms with Crippen molar-refractivity contribution in [2.45, 2.75) is 38.8 Å². The second-order valence-corrected chi connectivity index (χ2v) is 8.93. The Morgan fingerprint density at radius 3 is 2.82 bits per heavy atom. The highest BCUT2D eigenvalue weighted by Gasteiger charge is 2.25. The molecule has 7 nitrogen and oxygen atoms in total. The number of nitrogens with two attached hydrogens (primary N) is 1. The van der Waals surface area contributed by atoms with E-state index in [-0.39, 0.29) is 11.9 Å². The van der Waals surface area contributed by atoms with Crippen molar-refractivity contribution in [3.8, 4) is 17.3 Å². The van der Waals surface area contributed by atoms with Gasteiger partial charge in [0.1, 0.15) is 11.3 Å². The number of likely N-dealkylation sites (tertiary alicyclic amines) is 1. The van der Waals surface area contributed by atoms with Gasteiger partial charge in [-0.15, -0.1) is 0 Å². The van der Waals surface area contributed by atoms with Crippen LogP contribution in [0.5, 0.6) is 5.75 Å². The van der Waals surface area contributed by atoms with Gasteiger partial charge in [-0.25, -0.2) is 4.98 Å². The van der Waals surface area contributed by atoms with E-state index in [9.17, 15) is 4.79 Å². The van der Waals surface area contributed by atoms with E-state index >= 15 is 0 Å². The summed E-state index contributed by atoms with van der Waals surface area (Å²) in [6.07, 6.45) is 2.92. The topological polar surface area (TPSA) is 78.3 Å². The summed E-state index contributed by atoms with van der Waals surface area (Å²) in [5.41, 5.74) is 10.6. The lowest BCUT2D eigenvalue weighted by Crippen LogP contribution is -2.45. The molecule has 33 heavy (non-hydrogen) atoms. The van der Waals surface area contributed by atoms with Gasteiger partial charge in [-0.1, -0.05) is 25.1 Å². The third kappa shape index (κ3) is 3.66. The fourth-order valence-electron chi connectivity index (χ4n) is 5.06. The van der Waals surface area contributed by atoms with Crippen molar-refractivity contribution in [1.29, 1.82) is 0 Å². The van der Waals surface area contributed by atoms with Crippen LogP contribution in [0.25, 0.3) is 33.5 Å². The van der Waals surface area contributed by atoms with Gasteiger partial charge in [0.25, 0.3) is 5.91 Å². The quantitative estimate of drug-likeness (QED) is 0.500. The Labute approximate surface area is 193 Å². The van der Waals surface area contributed by atoms with Gasteiger partial charge in [0.15, 0.2) is 5.82 Å². The molecule has 0 saturated carbocycles. The maximum Gasteiger partial charge on any atom is 0.254 e. The van der Waals surface area contributed by atoms with Gasteiger partial charge in [-0.05, 0) is 43.5 Å². The smallest absolute Gasteiger partial charge is 0.254 e. The molecule has 1 fully saturated rings. The van der Waals surface area contributed by atoms with Crippen LogP contribution in [-0.2, 0) is 13.6 Å². The van der Waals surface area contributed by atoms with Crippen LogP contribution in [0.1, 0.15) is 36.5 Å². The Bertz CT molecular complexity index is 1340. The molecule has 0 aliphatic carbocycles. The zero-order valence-corrected chi connectivity index (χ0v) is 19.5. The standard InChI is InChI=1S/C26H31N5O2/c1-4-11-31-21-10-6-5-8-17(21)14-22(31)25-28-20-13-18(15-23(33-3)24(20)29(25)2)26(32)30-12-7-9-19(27)16-30/h5-6,8,10,13-15,19H,4,7,9,11-12,16,27H2,1-3H3. The maximum absolute atomic E-state index is 13.3. The monoisotopic (exact) mass is 445 g/mol. The summed E-state index contributed by atoms with van der Waals surface area (Å²) in [4.78, 5) is 20.1. The predicted molar refractivity (Wildman–Crippen MR) is 132 cm³/mol. The van der Waals surface area contributed by atoms with Crippen molar-refractivity contribution in [3.05, 3.63) is 48.0 Å². The molecule has 0 spiro atoms. The predicted octanol–water partition coefficient (Wildman–Crippen LogP) is 4.18. The average molecular weight is 446 g/mol. The van der Waals surface area contributed by atoms with Crippen LogP contribution < -0.4 is 10.5 Å². The van der Waals surface area contributed by atoms with Crippen LogP contribution in [-0.4, -0.2) is 51.2 Å². The molecule has 1 unspecified atom stereocenters. The maximum atomic E-state index is 13.3. The minimum Gasteiger partial charge on any atom is -0.494 e. The van der Waals surface area contributed by atoms with Crippen LogP contribution in [0.2, 0.25) is 0 Å². The number of nitrogens with zero attached hydrogens (tertiary/aromatic N) is 4. The van der Waals surface area contributed by atoms with Crippen molar-refractivity contribution >= 4 is 27.8 Å². The number of methoxy groups -OCH3 is 1. The number of aromatic nitrogens is 3. The molecule has 1 amide bonds. The first-order chi connectivity index (χ1) is 16.0. The second-order valence-electron chi connectivity index (χ2n) is 8.93. The minimum atomic E-state index is -0.0161. The van der Waals surface area contributed by atoms with E-state index in [0.717, 1.165) is 54.9 Å². The summed E-state index contributed by atoms with van der Waals surface area (Å²) in [6.45, 7) is 4.41. The van der Waals surface area contributed by atoms with Gasteiger partial charge in [0.05, 0.1) is 18.3 Å². The molecular weight excluding hydrogens is 414 g/mol. The molecule has 7 heteroatoms. The molecule has 1 saturated heterocycles. The Morgan fingerprint density at radius 1 is 1.24 bits per heavy atom. The van der Waals surface area contributed by atoms with Crippen molar-refractivity contribution in [1.82, 2.24) is 19.0 Å². The summed E-state index contributed by atoms with van der Waals surface area (Å²) in [5, 5.41) is 1.19. The van der Waals surface area contributed by atoms with Gasteiger partial charge < -0.3 is 24.5 Å². The molecule has 172 valence electrons. The first kappa shape index (κ1) is 21.5. The van der Waals surface area contributed by atoms with E-state index in [1.807, 2.05) is 24.1 Å². The SMILES string of the molecule is CCCn1c(-c2nc3cc(C(=O)N4CCCC(N)C4)cc(OC)c3n2C)cc2ccccc21. The number of ether oxygens (including phenoxy) is 1. The second kappa shape index (κ2) is 8.56. The minimum absolute atomic E-state index is 0.0161. The highest BCUT2D eigenvalue weighted by molar-refractivity contribution is 6.00. The lowest BCUT2D eigenvalue weighted by atomic mass is 10.0. The van der Waals surface area contributed by atoms with Crippen LogP contribution in [0.3, 0.4) is 0 Å². The number of amides is 1. The molecule has 1 atom stereocenters. The average Bonchev–Trinajstić information content (AvgIpc) is 3.36. The molecule has 3 heterocycles. The van der Waals surface area contributed by atoms with Gasteiger partial charge >= 0.3 is 0 Å². The third-order valence-corrected chi connectivity index (χ3v) is 6.63. The van der Waals surface area contributed by atoms with Gasteiger partial charge in [-0.3, -0.25) is 4.79 Å². The van der Waals surface area contributed by atoms with Crippen LogP contribution in [0.15, 0.2) is 42.5 Å². The lowest BCUT2D eigenvalue weighted by Gasteiger charge is -2.30. The zero-order chi connectivity index (χ0) is 23.1. The summed E-state index contributed by atoms with van der Waals surface area (Å²) >= 11 is 0. The van der Waals surface area contributed by atoms with Crippen LogP contribution >= 0.6 is 0 Å². The summed E-state index contributed by atoms with van der Waals surface area (Å²) in [7, 11) is 3.65. The van der Waals surface area contributed by atoms with Gasteiger partial charge in [0, 0.05) is 49.2 Å². The number of para-hydroxylation sites is 1. The van der Waals surface area contributed by atoms with E-state index in [4.69, 9.17) is 15.5 Å². The number of rotatable bonds is 5. The highest BCUT2D eigenvalue weighted by Crippen LogP contribution is 2.34. The van der Waals surface area contributed by atoms with E-state index in [1.165, 1.54) is 10.9 Å². The molecule has 0 radical (unpaired) electrons. The van der Waals surface area contributed by atoms with Crippen molar-refractivity contribution < 1.29 is 9.53 Å². The Hall–Kier alpha value is -3.32. The molecule has 2 aromatic carbocycles. The number of carbonyl (C=O) groups is 1. The number of imidazole rings is 1. The first-order valence-electron chi connectivity index (χ1n) is 11.7. The highest BCUT2D eigenvalue weighted by atomic mass is 16.5. The largest absolute Gasteiger partial charge is 0.494 e. The van der Waals surface area contributed by atoms with E-state index in [1.54, 1.807) is 7.11 Å². The van der Waals surface area contributed by atoms with Crippen LogP contribution in [0.4, 0.5) is 0 Å². The normalized spacial score (nSPS) is 16.6. The van der Waals surface area contributed by atoms with Crippen LogP contribution in [0, 0.1) is 0 Å². The Morgan fingerprint density at radius 2 is 2.06 bits per heavy atom. The summed E-state index contributed by atoms with van der Waals surface area (Å²) in [6, 6.07) is 14.4. The summed E-state index contributed by atoms with van der Waals surface area (Å²) < 4.78 is 10.1. The number of aryl methyl sites for hydroxylation is 2. The lowest BCUT2D eigenvalue weighted by molar-refractivity contribution is 0.0708. The molecule has 1 aliphatic heterocycles. The van der Waals surface area contributed by atoms with Gasteiger partial charge in [0.2, 0.25) is 0 Å². The van der Waals surface area contributed by atoms with Gasteiger partial charge in [-0.2, -0.15) is 0 Å². The number of benzene rings is 2. The Kier molecular flexibility index (Phi) is 5.58. The number of hydrogen-bond acceptors (Lipinski definition) is 4. The molecule has 1 aliphatic rings. The van der Waals surface area contributed by atoms with Crippen molar-refractivity contribution in [3.63, 3.8) is 0 Å². The van der Waals surface area contributed by atoms with E-state index in [0.29, 0.717) is 17.9 Å². The number of piperidine rings is 1. The molecule has 0 bridgehead atoms. The number of hydrogen-bond donors (Lipinski definition) is 1. The third-order valence-electron chi connectivity index (χ3n) is 6.63. The van der Waals surface area contributed by atoms with E-state index in [2.05, 4.69) is 46.4 Å². The zero-order valence-electron chi connectivity index (χ0n) is 19.5. The Balaban J connectivity index is 1.64. The summed E-state index contributed by atoms with van der Waals surface area (Å²) in [5.74, 6) is 1.49. The fourth-order valence-corrected chi connectivity index (χ4v) is 5.06. The van der Waals surface area contributed by atoms with E-state index < -0.39 is 0 Å². The van der Waals surface area contributed by atoms with Crippen molar-refractivity contribution in [2.75, 3.05) is 20.2 Å². The van der Waals surface area contributed by atoms with Crippen molar-refractivity contribution in [2.24, 2.45) is 12.8 Å². The first-order valence-corrected chi connectivity index (χ1v) is 11.7. The molecular formula is C26H31N5O2. The molecule has 2 aromatic heterocycles. The number of carbonyl (C=O) groups excluding carboxylic acids is 1. The molecule has 5 rings (SSSR count). The number of fused-ring (bicyclic) bond motifs is 2. The fraction of sp³-hybridized carbons (Fsp3) is 0.385.